The highest BCUT2D eigenvalue weighted by Gasteiger charge is 2.48. The number of ether oxygens (including phenoxy) is 1. The van der Waals surface area contributed by atoms with Crippen molar-refractivity contribution < 1.29 is 9.53 Å². The highest BCUT2D eigenvalue weighted by molar-refractivity contribution is 8.16. The number of ketones is 1. The summed E-state index contributed by atoms with van der Waals surface area (Å²) >= 11 is 3.57. The van der Waals surface area contributed by atoms with Crippen LogP contribution in [-0.4, -0.2) is 23.3 Å². The first kappa shape index (κ1) is 23.0. The first-order valence-electron chi connectivity index (χ1n) is 10.3. The number of aromatic nitrogens is 1. The van der Waals surface area contributed by atoms with E-state index in [0.29, 0.717) is 24.7 Å². The summed E-state index contributed by atoms with van der Waals surface area (Å²) in [4.78, 5) is 17.8. The van der Waals surface area contributed by atoms with Crippen LogP contribution >= 0.6 is 23.5 Å². The summed E-state index contributed by atoms with van der Waals surface area (Å²) < 4.78 is 5.69. The lowest BCUT2D eigenvalue weighted by atomic mass is 9.70. The van der Waals surface area contributed by atoms with Crippen LogP contribution in [0.3, 0.4) is 0 Å². The minimum absolute atomic E-state index is 0.00352. The molecule has 0 spiro atoms. The topological polar surface area (TPSA) is 39.2 Å². The van der Waals surface area contributed by atoms with Crippen LogP contribution in [0.5, 0.6) is 5.88 Å². The second-order valence-electron chi connectivity index (χ2n) is 8.06. The van der Waals surface area contributed by atoms with E-state index in [1.807, 2.05) is 49.4 Å². The Bertz CT molecular complexity index is 880. The SMILES string of the molecule is C=C(C)[C@H]1CC(=O)[C@@H](C)[C@H](C(SC)(SC)c2cccc(OCc3ccccc3)n2)C1. The number of carbonyl (C=O) groups is 1. The fourth-order valence-electron chi connectivity index (χ4n) is 4.31. The van der Waals surface area contributed by atoms with Crippen LogP contribution in [0.25, 0.3) is 0 Å². The zero-order valence-corrected chi connectivity index (χ0v) is 19.9. The molecule has 1 fully saturated rings. The summed E-state index contributed by atoms with van der Waals surface area (Å²) in [6, 6.07) is 16.1. The number of thioether (sulfide) groups is 2. The van der Waals surface area contributed by atoms with Crippen molar-refractivity contribution in [3.05, 3.63) is 71.9 Å². The lowest BCUT2D eigenvalue weighted by molar-refractivity contribution is -0.127. The molecule has 160 valence electrons. The van der Waals surface area contributed by atoms with E-state index in [1.165, 1.54) is 0 Å². The largest absolute Gasteiger partial charge is 0.473 e. The molecule has 0 radical (unpaired) electrons. The molecular weight excluding hydrogens is 410 g/mol. The van der Waals surface area contributed by atoms with E-state index in [4.69, 9.17) is 9.72 Å². The van der Waals surface area contributed by atoms with Gasteiger partial charge >= 0.3 is 0 Å². The van der Waals surface area contributed by atoms with Gasteiger partial charge in [0.05, 0.1) is 5.69 Å². The third kappa shape index (κ3) is 4.78. The fourth-order valence-corrected chi connectivity index (χ4v) is 6.83. The van der Waals surface area contributed by atoms with Gasteiger partial charge in [0.15, 0.2) is 0 Å². The highest BCUT2D eigenvalue weighted by atomic mass is 32.2. The number of benzene rings is 1. The predicted octanol–water partition coefficient (Wildman–Crippen LogP) is 6.35. The van der Waals surface area contributed by atoms with Gasteiger partial charge in [0.25, 0.3) is 0 Å². The maximum atomic E-state index is 12.9. The Morgan fingerprint density at radius 2 is 1.87 bits per heavy atom. The lowest BCUT2D eigenvalue weighted by Gasteiger charge is -2.45. The molecule has 0 aliphatic heterocycles. The van der Waals surface area contributed by atoms with E-state index < -0.39 is 0 Å². The molecule has 1 aromatic carbocycles. The van der Waals surface area contributed by atoms with Crippen molar-refractivity contribution in [2.24, 2.45) is 17.8 Å². The van der Waals surface area contributed by atoms with Crippen molar-refractivity contribution in [3.8, 4) is 5.88 Å². The second-order valence-corrected chi connectivity index (χ2v) is 10.4. The molecule has 5 heteroatoms. The average molecular weight is 442 g/mol. The standard InChI is InChI=1S/C25H31NO2S2/c1-17(2)20-14-21(18(3)22(27)15-20)25(29-4,30-5)23-12-9-13-24(26-23)28-16-19-10-7-6-8-11-19/h6-13,18,20-21H,1,14-16H2,2-5H3/t18-,20+,21+/m0/s1. The molecule has 0 saturated heterocycles. The highest BCUT2D eigenvalue weighted by Crippen LogP contribution is 2.56. The molecule has 30 heavy (non-hydrogen) atoms. The molecule has 1 saturated carbocycles. The Kier molecular flexibility index (Phi) is 7.70. The first-order valence-corrected chi connectivity index (χ1v) is 12.8. The fraction of sp³-hybridized carbons (Fsp3) is 0.440. The van der Waals surface area contributed by atoms with E-state index in [1.54, 1.807) is 23.5 Å². The normalized spacial score (nSPS) is 22.0. The van der Waals surface area contributed by atoms with Gasteiger partial charge in [0.1, 0.15) is 16.5 Å². The van der Waals surface area contributed by atoms with Gasteiger partial charge in [0.2, 0.25) is 5.88 Å². The van der Waals surface area contributed by atoms with E-state index in [0.717, 1.165) is 23.3 Å². The van der Waals surface area contributed by atoms with Crippen LogP contribution in [0.4, 0.5) is 0 Å². The molecular formula is C25H31NO2S2. The van der Waals surface area contributed by atoms with E-state index in [2.05, 4.69) is 32.1 Å². The van der Waals surface area contributed by atoms with Crippen molar-refractivity contribution >= 4 is 29.3 Å². The number of rotatable bonds is 8. The Morgan fingerprint density at radius 1 is 1.17 bits per heavy atom. The second kappa shape index (κ2) is 10.1. The predicted molar refractivity (Wildman–Crippen MR) is 129 cm³/mol. The molecule has 2 aromatic rings. The van der Waals surface area contributed by atoms with E-state index in [-0.39, 0.29) is 21.8 Å². The molecule has 3 nitrogen and oxygen atoms in total. The molecule has 0 unspecified atom stereocenters. The van der Waals surface area contributed by atoms with E-state index in [9.17, 15) is 4.79 Å². The minimum Gasteiger partial charge on any atom is -0.473 e. The van der Waals surface area contributed by atoms with Gasteiger partial charge in [-0.1, -0.05) is 55.5 Å². The van der Waals surface area contributed by atoms with Crippen molar-refractivity contribution in [2.45, 2.75) is 37.4 Å². The summed E-state index contributed by atoms with van der Waals surface area (Å²) in [5.74, 6) is 1.38. The van der Waals surface area contributed by atoms with Gasteiger partial charge in [-0.2, -0.15) is 0 Å². The van der Waals surface area contributed by atoms with Crippen LogP contribution < -0.4 is 4.74 Å². The van der Waals surface area contributed by atoms with Gasteiger partial charge in [-0.15, -0.1) is 23.5 Å². The quantitative estimate of drug-likeness (QED) is 0.353. The molecule has 3 atom stereocenters. The third-order valence-electron chi connectivity index (χ3n) is 6.20. The van der Waals surface area contributed by atoms with Crippen LogP contribution in [-0.2, 0) is 15.5 Å². The summed E-state index contributed by atoms with van der Waals surface area (Å²) in [6.45, 7) is 8.75. The van der Waals surface area contributed by atoms with Gasteiger partial charge in [-0.25, -0.2) is 4.98 Å². The summed E-state index contributed by atoms with van der Waals surface area (Å²) in [5, 5.41) is 0. The van der Waals surface area contributed by atoms with Crippen molar-refractivity contribution in [2.75, 3.05) is 12.5 Å². The smallest absolute Gasteiger partial charge is 0.213 e. The van der Waals surface area contributed by atoms with Gasteiger partial charge < -0.3 is 4.74 Å². The number of Topliss-reactive ketones (excluding diaryl/α,β-unsaturated/α-hetero) is 1. The van der Waals surface area contributed by atoms with Gasteiger partial charge in [0, 0.05) is 18.4 Å². The molecule has 0 amide bonds. The van der Waals surface area contributed by atoms with Crippen molar-refractivity contribution in [3.63, 3.8) is 0 Å². The average Bonchev–Trinajstić information content (AvgIpc) is 2.77. The zero-order chi connectivity index (χ0) is 21.7. The summed E-state index contributed by atoms with van der Waals surface area (Å²) in [5.41, 5.74) is 3.19. The Hall–Kier alpha value is -1.72. The van der Waals surface area contributed by atoms with Gasteiger partial charge in [-0.05, 0) is 49.3 Å². The van der Waals surface area contributed by atoms with Crippen LogP contribution in [0, 0.1) is 17.8 Å². The Balaban J connectivity index is 1.91. The number of hydrogen-bond donors (Lipinski definition) is 0. The van der Waals surface area contributed by atoms with Crippen molar-refractivity contribution in [1.82, 2.24) is 4.98 Å². The number of allylic oxidation sites excluding steroid dienone is 1. The molecule has 3 rings (SSSR count). The minimum atomic E-state index is -0.310. The summed E-state index contributed by atoms with van der Waals surface area (Å²) in [6.07, 6.45) is 5.81. The van der Waals surface area contributed by atoms with Crippen LogP contribution in [0.15, 0.2) is 60.7 Å². The van der Waals surface area contributed by atoms with E-state index >= 15 is 0 Å². The van der Waals surface area contributed by atoms with Crippen LogP contribution in [0.1, 0.15) is 37.9 Å². The number of pyridine rings is 1. The third-order valence-corrected chi connectivity index (χ3v) is 9.44. The number of nitrogens with zero attached hydrogens (tertiary/aromatic N) is 1. The Morgan fingerprint density at radius 3 is 2.50 bits per heavy atom. The monoisotopic (exact) mass is 441 g/mol. The first-order chi connectivity index (χ1) is 14.4. The molecule has 1 aliphatic rings. The molecule has 1 heterocycles. The number of hydrogen-bond acceptors (Lipinski definition) is 5. The Labute approximate surface area is 189 Å². The van der Waals surface area contributed by atoms with Crippen molar-refractivity contribution in [1.29, 1.82) is 0 Å². The molecule has 0 N–H and O–H groups in total. The molecule has 0 bridgehead atoms. The summed E-state index contributed by atoms with van der Waals surface area (Å²) in [7, 11) is 0. The van der Waals surface area contributed by atoms with Gasteiger partial charge in [-0.3, -0.25) is 4.79 Å². The maximum absolute atomic E-state index is 12.9. The molecule has 1 aliphatic carbocycles. The lowest BCUT2D eigenvalue weighted by Crippen LogP contribution is -2.42. The van der Waals surface area contributed by atoms with Crippen LogP contribution in [0.2, 0.25) is 0 Å². The zero-order valence-electron chi connectivity index (χ0n) is 18.3. The number of carbonyl (C=O) groups excluding carboxylic acids is 1. The maximum Gasteiger partial charge on any atom is 0.213 e. The molecule has 1 aromatic heterocycles.